The number of fused-ring (bicyclic) bond motifs is 1. The van der Waals surface area contributed by atoms with Crippen molar-refractivity contribution in [2.75, 3.05) is 0 Å². The van der Waals surface area contributed by atoms with Crippen molar-refractivity contribution in [2.24, 2.45) is 0 Å². The van der Waals surface area contributed by atoms with Gasteiger partial charge in [0.05, 0.1) is 17.5 Å². The lowest BCUT2D eigenvalue weighted by Gasteiger charge is -2.04. The molecule has 2 heterocycles. The maximum atomic E-state index is 12.4. The molecule has 0 atom stereocenters. The second kappa shape index (κ2) is 5.26. The number of hydrogen-bond acceptors (Lipinski definition) is 3. The van der Waals surface area contributed by atoms with Crippen molar-refractivity contribution in [1.29, 1.82) is 0 Å². The van der Waals surface area contributed by atoms with Gasteiger partial charge in [-0.2, -0.15) is 0 Å². The van der Waals surface area contributed by atoms with Crippen LogP contribution in [0, 0.1) is 0 Å². The molecule has 110 valence electrons. The van der Waals surface area contributed by atoms with Gasteiger partial charge >= 0.3 is 0 Å². The molecule has 0 saturated heterocycles. The Hall–Kier alpha value is -2.69. The fourth-order valence-corrected chi connectivity index (χ4v) is 2.53. The number of nitrogens with zero attached hydrogens (tertiary/aromatic N) is 2. The summed E-state index contributed by atoms with van der Waals surface area (Å²) in [5, 5.41) is 2.93. The number of benzene rings is 1. The Bertz CT molecular complexity index is 821. The Morgan fingerprint density at radius 3 is 2.86 bits per heavy atom. The molecule has 0 bridgehead atoms. The van der Waals surface area contributed by atoms with Crippen molar-refractivity contribution in [3.8, 4) is 0 Å². The Kier molecular flexibility index (Phi) is 3.11. The van der Waals surface area contributed by atoms with Crippen LogP contribution in [0.1, 0.15) is 40.4 Å². The van der Waals surface area contributed by atoms with Crippen LogP contribution in [0.4, 0.5) is 0 Å². The molecule has 4 rings (SSSR count). The second-order valence-electron chi connectivity index (χ2n) is 5.64. The molecule has 1 aliphatic rings. The molecule has 2 N–H and O–H groups in total. The van der Waals surface area contributed by atoms with Crippen LogP contribution in [0.2, 0.25) is 0 Å². The molecule has 1 aliphatic carbocycles. The predicted octanol–water partition coefficient (Wildman–Crippen LogP) is 2.77. The summed E-state index contributed by atoms with van der Waals surface area (Å²) < 4.78 is 0. The second-order valence-corrected chi connectivity index (χ2v) is 5.64. The van der Waals surface area contributed by atoms with Crippen LogP contribution in [-0.4, -0.2) is 20.9 Å². The lowest BCUT2D eigenvalue weighted by atomic mass is 10.2. The highest BCUT2D eigenvalue weighted by Crippen LogP contribution is 2.39. The molecule has 1 aromatic carbocycles. The van der Waals surface area contributed by atoms with Crippen molar-refractivity contribution in [2.45, 2.75) is 25.3 Å². The van der Waals surface area contributed by atoms with E-state index in [0.717, 1.165) is 11.3 Å². The van der Waals surface area contributed by atoms with Crippen molar-refractivity contribution in [3.63, 3.8) is 0 Å². The fourth-order valence-electron chi connectivity index (χ4n) is 2.53. The number of amides is 1. The molecule has 0 unspecified atom stereocenters. The van der Waals surface area contributed by atoms with Crippen LogP contribution in [0.3, 0.4) is 0 Å². The van der Waals surface area contributed by atoms with Crippen LogP contribution < -0.4 is 5.32 Å². The molecule has 5 nitrogen and oxygen atoms in total. The fraction of sp³-hybridized carbons (Fsp3) is 0.235. The molecule has 1 amide bonds. The zero-order valence-electron chi connectivity index (χ0n) is 12.0. The molecule has 0 radical (unpaired) electrons. The Morgan fingerprint density at radius 2 is 2.09 bits per heavy atom. The highest BCUT2D eigenvalue weighted by Gasteiger charge is 2.26. The Morgan fingerprint density at radius 1 is 1.27 bits per heavy atom. The zero-order chi connectivity index (χ0) is 14.9. The summed E-state index contributed by atoms with van der Waals surface area (Å²) in [7, 11) is 0. The first-order chi connectivity index (χ1) is 10.8. The van der Waals surface area contributed by atoms with Gasteiger partial charge in [-0.05, 0) is 18.4 Å². The minimum Gasteiger partial charge on any atom is -0.348 e. The number of aromatic nitrogens is 3. The van der Waals surface area contributed by atoms with Gasteiger partial charge in [0.1, 0.15) is 5.52 Å². The van der Waals surface area contributed by atoms with E-state index in [0.29, 0.717) is 29.2 Å². The van der Waals surface area contributed by atoms with Crippen molar-refractivity contribution in [3.05, 3.63) is 59.5 Å². The molecule has 5 heteroatoms. The van der Waals surface area contributed by atoms with Crippen LogP contribution >= 0.6 is 0 Å². The lowest BCUT2D eigenvalue weighted by Crippen LogP contribution is -2.22. The first kappa shape index (κ1) is 13.0. The molecule has 1 fully saturated rings. The van der Waals surface area contributed by atoms with Crippen molar-refractivity contribution < 1.29 is 4.79 Å². The largest absolute Gasteiger partial charge is 0.348 e. The third-order valence-corrected chi connectivity index (χ3v) is 3.94. The van der Waals surface area contributed by atoms with Crippen LogP contribution in [0.25, 0.3) is 11.2 Å². The number of nitrogens with one attached hydrogen (secondary N) is 2. The van der Waals surface area contributed by atoms with Gasteiger partial charge in [-0.1, -0.05) is 30.3 Å². The summed E-state index contributed by atoms with van der Waals surface area (Å²) >= 11 is 0. The average molecular weight is 292 g/mol. The number of rotatable bonds is 4. The average Bonchev–Trinajstić information content (AvgIpc) is 3.33. The smallest absolute Gasteiger partial charge is 0.255 e. The molecular weight excluding hydrogens is 276 g/mol. The number of H-pyrrole nitrogens is 1. The van der Waals surface area contributed by atoms with E-state index in [2.05, 4.69) is 20.3 Å². The topological polar surface area (TPSA) is 70.7 Å². The molecular formula is C17H16N4O. The standard InChI is InChI=1S/C17H16N4O/c22-17(20-8-11-4-2-1-3-5-11)13-9-18-16-15(13)21-14(10-19-16)12-6-7-12/h1-5,9-10,12H,6-8H2,(H,18,19)(H,20,22). The summed E-state index contributed by atoms with van der Waals surface area (Å²) in [6.45, 7) is 0.502. The lowest BCUT2D eigenvalue weighted by molar-refractivity contribution is 0.0952. The molecule has 22 heavy (non-hydrogen) atoms. The summed E-state index contributed by atoms with van der Waals surface area (Å²) in [6.07, 6.45) is 5.82. The van der Waals surface area contributed by atoms with Gasteiger partial charge in [-0.15, -0.1) is 0 Å². The van der Waals surface area contributed by atoms with Gasteiger partial charge in [-0.25, -0.2) is 9.97 Å². The Balaban J connectivity index is 1.57. The molecule has 0 spiro atoms. The van der Waals surface area contributed by atoms with Gasteiger partial charge in [0.25, 0.3) is 5.91 Å². The molecule has 2 aromatic heterocycles. The number of hydrogen-bond donors (Lipinski definition) is 2. The first-order valence-electron chi connectivity index (χ1n) is 7.47. The van der Waals surface area contributed by atoms with Crippen molar-refractivity contribution >= 4 is 17.1 Å². The van der Waals surface area contributed by atoms with E-state index in [1.807, 2.05) is 36.5 Å². The third kappa shape index (κ3) is 2.45. The Labute approximate surface area is 127 Å². The quantitative estimate of drug-likeness (QED) is 0.776. The van der Waals surface area contributed by atoms with E-state index < -0.39 is 0 Å². The maximum Gasteiger partial charge on any atom is 0.255 e. The summed E-state index contributed by atoms with van der Waals surface area (Å²) in [5.41, 5.74) is 3.94. The normalized spacial score (nSPS) is 14.2. The van der Waals surface area contributed by atoms with E-state index in [4.69, 9.17) is 0 Å². The van der Waals surface area contributed by atoms with E-state index in [-0.39, 0.29) is 5.91 Å². The number of aromatic amines is 1. The van der Waals surface area contributed by atoms with Gasteiger partial charge in [0.2, 0.25) is 0 Å². The van der Waals surface area contributed by atoms with Crippen LogP contribution in [0.15, 0.2) is 42.7 Å². The highest BCUT2D eigenvalue weighted by molar-refractivity contribution is 6.04. The monoisotopic (exact) mass is 292 g/mol. The predicted molar refractivity (Wildman–Crippen MR) is 83.5 cm³/mol. The van der Waals surface area contributed by atoms with Crippen LogP contribution in [0.5, 0.6) is 0 Å². The van der Waals surface area contributed by atoms with Gasteiger partial charge in [0, 0.05) is 18.7 Å². The van der Waals surface area contributed by atoms with Crippen LogP contribution in [-0.2, 0) is 6.54 Å². The minimum atomic E-state index is -0.127. The van der Waals surface area contributed by atoms with E-state index >= 15 is 0 Å². The summed E-state index contributed by atoms with van der Waals surface area (Å²) in [5.74, 6) is 0.393. The van der Waals surface area contributed by atoms with E-state index in [9.17, 15) is 4.79 Å². The first-order valence-corrected chi connectivity index (χ1v) is 7.47. The van der Waals surface area contributed by atoms with E-state index in [1.165, 1.54) is 12.8 Å². The van der Waals surface area contributed by atoms with Gasteiger partial charge in [0.15, 0.2) is 5.65 Å². The van der Waals surface area contributed by atoms with Gasteiger partial charge < -0.3 is 10.3 Å². The number of carbonyl (C=O) groups excluding carboxylic acids is 1. The number of carbonyl (C=O) groups is 1. The van der Waals surface area contributed by atoms with Crippen molar-refractivity contribution in [1.82, 2.24) is 20.3 Å². The van der Waals surface area contributed by atoms with E-state index in [1.54, 1.807) is 6.20 Å². The summed E-state index contributed by atoms with van der Waals surface area (Å²) in [4.78, 5) is 24.4. The maximum absolute atomic E-state index is 12.4. The zero-order valence-corrected chi connectivity index (χ0v) is 12.0. The minimum absolute atomic E-state index is 0.127. The highest BCUT2D eigenvalue weighted by atomic mass is 16.1. The van der Waals surface area contributed by atoms with Gasteiger partial charge in [-0.3, -0.25) is 4.79 Å². The SMILES string of the molecule is O=C(NCc1ccccc1)c1c[nH]c2ncc(C3CC3)nc12. The molecule has 0 aliphatic heterocycles. The summed E-state index contributed by atoms with van der Waals surface area (Å²) in [6, 6.07) is 9.85. The molecule has 1 saturated carbocycles. The molecule has 3 aromatic rings. The third-order valence-electron chi connectivity index (χ3n) is 3.94.